The molecule has 0 unspecified atom stereocenters. The number of ether oxygens (including phenoxy) is 1. The van der Waals surface area contributed by atoms with Crippen LogP contribution in [0.1, 0.15) is 0 Å². The second-order valence-corrected chi connectivity index (χ2v) is 7.10. The lowest BCUT2D eigenvalue weighted by atomic mass is 10.3. The van der Waals surface area contributed by atoms with Gasteiger partial charge < -0.3 is 15.0 Å². The molecule has 0 aromatic heterocycles. The van der Waals surface area contributed by atoms with Gasteiger partial charge in [0.2, 0.25) is 0 Å². The molecule has 0 radical (unpaired) electrons. The van der Waals surface area contributed by atoms with Crippen molar-refractivity contribution in [2.75, 3.05) is 70.9 Å². The van der Waals surface area contributed by atoms with E-state index in [0.717, 1.165) is 52.5 Å². The summed E-state index contributed by atoms with van der Waals surface area (Å²) in [4.78, 5) is 19.1. The van der Waals surface area contributed by atoms with Gasteiger partial charge in [-0.15, -0.1) is 0 Å². The summed E-state index contributed by atoms with van der Waals surface area (Å²) in [5.41, 5.74) is 0.550. The lowest BCUT2D eigenvalue weighted by Gasteiger charge is -2.36. The van der Waals surface area contributed by atoms with Crippen LogP contribution in [0.4, 0.5) is 10.5 Å². The summed E-state index contributed by atoms with van der Waals surface area (Å²) in [5.74, 6) is 0. The highest BCUT2D eigenvalue weighted by atomic mass is 35.5. The molecule has 1 aromatic carbocycles. The number of piperazine rings is 1. The number of benzene rings is 1. The molecule has 6 nitrogen and oxygen atoms in total. The Morgan fingerprint density at radius 1 is 1.00 bits per heavy atom. The van der Waals surface area contributed by atoms with Crippen molar-refractivity contribution in [3.05, 3.63) is 28.2 Å². The number of carbonyl (C=O) groups excluding carboxylic acids is 1. The fraction of sp³-hybridized carbons (Fsp3) is 0.588. The van der Waals surface area contributed by atoms with Crippen LogP contribution in [0.25, 0.3) is 0 Å². The van der Waals surface area contributed by atoms with Crippen LogP contribution in [-0.2, 0) is 4.74 Å². The molecule has 3 rings (SSSR count). The Hall–Kier alpha value is -1.05. The summed E-state index contributed by atoms with van der Waals surface area (Å²) >= 11 is 12.1. The molecule has 0 aliphatic carbocycles. The molecule has 2 amide bonds. The van der Waals surface area contributed by atoms with Gasteiger partial charge in [0, 0.05) is 52.4 Å². The first-order valence-corrected chi connectivity index (χ1v) is 9.41. The first kappa shape index (κ1) is 18.7. The summed E-state index contributed by atoms with van der Waals surface area (Å²) in [7, 11) is 0. The number of morpholine rings is 1. The maximum Gasteiger partial charge on any atom is 0.321 e. The van der Waals surface area contributed by atoms with Gasteiger partial charge in [0.15, 0.2) is 0 Å². The van der Waals surface area contributed by atoms with Gasteiger partial charge in [-0.3, -0.25) is 9.80 Å². The molecule has 0 bridgehead atoms. The minimum atomic E-state index is -0.128. The number of halogens is 2. The molecule has 2 aliphatic heterocycles. The molecule has 2 fully saturated rings. The van der Waals surface area contributed by atoms with Gasteiger partial charge in [-0.2, -0.15) is 0 Å². The van der Waals surface area contributed by atoms with Gasteiger partial charge in [-0.25, -0.2) is 4.79 Å². The number of carbonyl (C=O) groups is 1. The Morgan fingerprint density at radius 3 is 2.32 bits per heavy atom. The Balaban J connectivity index is 1.42. The lowest BCUT2D eigenvalue weighted by Crippen LogP contribution is -2.51. The third-order valence-corrected chi connectivity index (χ3v) is 5.51. The highest BCUT2D eigenvalue weighted by Crippen LogP contribution is 2.29. The lowest BCUT2D eigenvalue weighted by molar-refractivity contribution is 0.0311. The number of hydrogen-bond acceptors (Lipinski definition) is 4. The first-order valence-electron chi connectivity index (χ1n) is 8.66. The van der Waals surface area contributed by atoms with E-state index in [2.05, 4.69) is 15.1 Å². The van der Waals surface area contributed by atoms with E-state index in [9.17, 15) is 4.79 Å². The fourth-order valence-corrected chi connectivity index (χ4v) is 3.42. The van der Waals surface area contributed by atoms with Gasteiger partial charge in [0.25, 0.3) is 0 Å². The van der Waals surface area contributed by atoms with Crippen molar-refractivity contribution in [1.29, 1.82) is 0 Å². The Morgan fingerprint density at radius 2 is 1.64 bits per heavy atom. The van der Waals surface area contributed by atoms with Crippen LogP contribution in [0.2, 0.25) is 10.0 Å². The Labute approximate surface area is 158 Å². The van der Waals surface area contributed by atoms with Crippen molar-refractivity contribution < 1.29 is 9.53 Å². The third kappa shape index (κ3) is 5.21. The minimum Gasteiger partial charge on any atom is -0.379 e. The number of nitrogens with zero attached hydrogens (tertiary/aromatic N) is 3. The Bertz CT molecular complexity index is 588. The SMILES string of the molecule is O=C(Nc1cccc(Cl)c1Cl)N1CCN(CCN2CCOCC2)CC1. The zero-order chi connectivity index (χ0) is 17.6. The van der Waals surface area contributed by atoms with Crippen molar-refractivity contribution in [1.82, 2.24) is 14.7 Å². The fourth-order valence-electron chi connectivity index (χ4n) is 3.08. The Kier molecular flexibility index (Phi) is 6.78. The standard InChI is InChI=1S/C17H24Cl2N4O2/c18-14-2-1-3-15(16(14)19)20-17(24)23-8-6-21(7-9-23)4-5-22-10-12-25-13-11-22/h1-3H,4-13H2,(H,20,24). The van der Waals surface area contributed by atoms with Gasteiger partial charge in [-0.1, -0.05) is 29.3 Å². The topological polar surface area (TPSA) is 48.1 Å². The van der Waals surface area contributed by atoms with Gasteiger partial charge in [0.1, 0.15) is 0 Å². The summed E-state index contributed by atoms with van der Waals surface area (Å²) in [6, 6.07) is 5.10. The molecule has 1 N–H and O–H groups in total. The smallest absolute Gasteiger partial charge is 0.321 e. The number of rotatable bonds is 4. The molecule has 0 spiro atoms. The van der Waals surface area contributed by atoms with Crippen LogP contribution in [0.5, 0.6) is 0 Å². The second kappa shape index (κ2) is 9.05. The molecule has 1 aromatic rings. The molecular weight excluding hydrogens is 363 g/mol. The molecule has 2 aliphatic rings. The molecule has 2 saturated heterocycles. The number of amides is 2. The average molecular weight is 387 g/mol. The van der Waals surface area contributed by atoms with E-state index in [-0.39, 0.29) is 6.03 Å². The average Bonchev–Trinajstić information content (AvgIpc) is 2.65. The van der Waals surface area contributed by atoms with Crippen molar-refractivity contribution in [3.63, 3.8) is 0 Å². The van der Waals surface area contributed by atoms with Crippen LogP contribution < -0.4 is 5.32 Å². The highest BCUT2D eigenvalue weighted by Gasteiger charge is 2.22. The predicted octanol–water partition coefficient (Wildman–Crippen LogP) is 2.48. The summed E-state index contributed by atoms with van der Waals surface area (Å²) in [6.45, 7) is 9.01. The van der Waals surface area contributed by atoms with Crippen LogP contribution in [0.3, 0.4) is 0 Å². The minimum absolute atomic E-state index is 0.128. The largest absolute Gasteiger partial charge is 0.379 e. The van der Waals surface area contributed by atoms with E-state index in [1.165, 1.54) is 0 Å². The van der Waals surface area contributed by atoms with E-state index < -0.39 is 0 Å². The molecule has 8 heteroatoms. The van der Waals surface area contributed by atoms with Gasteiger partial charge in [-0.05, 0) is 12.1 Å². The van der Waals surface area contributed by atoms with Gasteiger partial charge >= 0.3 is 6.03 Å². The van der Waals surface area contributed by atoms with Crippen LogP contribution in [0, 0.1) is 0 Å². The molecule has 138 valence electrons. The first-order chi connectivity index (χ1) is 12.1. The normalized spacial score (nSPS) is 19.8. The van der Waals surface area contributed by atoms with E-state index in [4.69, 9.17) is 27.9 Å². The predicted molar refractivity (Wildman–Crippen MR) is 101 cm³/mol. The van der Waals surface area contributed by atoms with Crippen molar-refractivity contribution >= 4 is 34.9 Å². The highest BCUT2D eigenvalue weighted by molar-refractivity contribution is 6.43. The number of nitrogens with one attached hydrogen (secondary N) is 1. The second-order valence-electron chi connectivity index (χ2n) is 6.31. The van der Waals surface area contributed by atoms with Crippen LogP contribution in [-0.4, -0.2) is 86.3 Å². The van der Waals surface area contributed by atoms with Crippen molar-refractivity contribution in [3.8, 4) is 0 Å². The van der Waals surface area contributed by atoms with Crippen molar-refractivity contribution in [2.24, 2.45) is 0 Å². The molecular formula is C17H24Cl2N4O2. The number of urea groups is 1. The number of anilines is 1. The van der Waals surface area contributed by atoms with E-state index in [1.54, 1.807) is 18.2 Å². The van der Waals surface area contributed by atoms with Crippen LogP contribution in [0.15, 0.2) is 18.2 Å². The molecule has 0 atom stereocenters. The zero-order valence-electron chi connectivity index (χ0n) is 14.2. The monoisotopic (exact) mass is 386 g/mol. The van der Waals surface area contributed by atoms with E-state index in [1.807, 2.05) is 4.90 Å². The summed E-state index contributed by atoms with van der Waals surface area (Å²) in [5, 5.41) is 3.66. The molecule has 2 heterocycles. The summed E-state index contributed by atoms with van der Waals surface area (Å²) < 4.78 is 5.37. The third-order valence-electron chi connectivity index (χ3n) is 4.69. The summed E-state index contributed by atoms with van der Waals surface area (Å²) in [6.07, 6.45) is 0. The molecule has 25 heavy (non-hydrogen) atoms. The van der Waals surface area contributed by atoms with Crippen LogP contribution >= 0.6 is 23.2 Å². The van der Waals surface area contributed by atoms with Gasteiger partial charge in [0.05, 0.1) is 28.9 Å². The maximum atomic E-state index is 12.4. The van der Waals surface area contributed by atoms with E-state index in [0.29, 0.717) is 28.8 Å². The number of hydrogen-bond donors (Lipinski definition) is 1. The molecule has 0 saturated carbocycles. The maximum absolute atomic E-state index is 12.4. The van der Waals surface area contributed by atoms with E-state index >= 15 is 0 Å². The van der Waals surface area contributed by atoms with Crippen molar-refractivity contribution in [2.45, 2.75) is 0 Å². The quantitative estimate of drug-likeness (QED) is 0.863. The zero-order valence-corrected chi connectivity index (χ0v) is 15.7.